The van der Waals surface area contributed by atoms with Gasteiger partial charge in [-0.2, -0.15) is 4.31 Å². The van der Waals surface area contributed by atoms with E-state index in [9.17, 15) is 8.42 Å². The first kappa shape index (κ1) is 15.0. The number of aryl methyl sites for hydroxylation is 1. The monoisotopic (exact) mass is 308 g/mol. The third kappa shape index (κ3) is 2.51. The summed E-state index contributed by atoms with van der Waals surface area (Å²) >= 11 is 0. The second-order valence-corrected chi connectivity index (χ2v) is 8.33. The standard InChI is InChI=1S/C16H24N2O2S/c1-11-6-14(9-17-3)8-16(12(11)2)21(19,20)18-10-13-4-5-15(18)7-13/h6,8,13,15,17H,4-5,7,9-10H2,1-3H3. The van der Waals surface area contributed by atoms with Crippen LogP contribution in [0.4, 0.5) is 0 Å². The molecule has 2 atom stereocenters. The van der Waals surface area contributed by atoms with Gasteiger partial charge in [0.15, 0.2) is 0 Å². The summed E-state index contributed by atoms with van der Waals surface area (Å²) in [4.78, 5) is 0.500. The highest BCUT2D eigenvalue weighted by atomic mass is 32.2. The molecule has 1 saturated carbocycles. The van der Waals surface area contributed by atoms with Crippen LogP contribution in [0.2, 0.25) is 0 Å². The van der Waals surface area contributed by atoms with Crippen molar-refractivity contribution in [3.8, 4) is 0 Å². The summed E-state index contributed by atoms with van der Waals surface area (Å²) in [6, 6.07) is 4.15. The van der Waals surface area contributed by atoms with Gasteiger partial charge in [-0.25, -0.2) is 8.42 Å². The fraction of sp³-hybridized carbons (Fsp3) is 0.625. The molecule has 1 N–H and O–H groups in total. The van der Waals surface area contributed by atoms with Crippen LogP contribution < -0.4 is 5.32 Å². The van der Waals surface area contributed by atoms with Crippen molar-refractivity contribution < 1.29 is 8.42 Å². The zero-order valence-electron chi connectivity index (χ0n) is 13.0. The van der Waals surface area contributed by atoms with Crippen LogP contribution in [0.1, 0.15) is 36.0 Å². The Morgan fingerprint density at radius 2 is 2.05 bits per heavy atom. The van der Waals surface area contributed by atoms with Crippen LogP contribution in [0.15, 0.2) is 17.0 Å². The first-order chi connectivity index (χ1) is 9.93. The molecule has 1 saturated heterocycles. The molecule has 1 aliphatic carbocycles. The van der Waals surface area contributed by atoms with Crippen molar-refractivity contribution in [3.63, 3.8) is 0 Å². The van der Waals surface area contributed by atoms with E-state index in [2.05, 4.69) is 11.4 Å². The Kier molecular flexibility index (Phi) is 3.84. The second kappa shape index (κ2) is 5.38. The van der Waals surface area contributed by atoms with Gasteiger partial charge in [0, 0.05) is 19.1 Å². The van der Waals surface area contributed by atoms with Crippen molar-refractivity contribution in [1.82, 2.24) is 9.62 Å². The highest BCUT2D eigenvalue weighted by Crippen LogP contribution is 2.41. The molecule has 2 fully saturated rings. The van der Waals surface area contributed by atoms with Crippen LogP contribution in [-0.4, -0.2) is 32.4 Å². The normalized spacial score (nSPS) is 25.7. The molecule has 1 aliphatic heterocycles. The van der Waals surface area contributed by atoms with E-state index in [0.717, 1.165) is 29.5 Å². The molecule has 3 rings (SSSR count). The molecular weight excluding hydrogens is 284 g/mol. The summed E-state index contributed by atoms with van der Waals surface area (Å²) < 4.78 is 27.9. The second-order valence-electron chi connectivity index (χ2n) is 6.47. The lowest BCUT2D eigenvalue weighted by atomic mass is 10.1. The number of piperidine rings is 1. The van der Waals surface area contributed by atoms with Crippen LogP contribution in [0, 0.1) is 19.8 Å². The van der Waals surface area contributed by atoms with Crippen LogP contribution in [0.25, 0.3) is 0 Å². The Balaban J connectivity index is 2.02. The highest BCUT2D eigenvalue weighted by Gasteiger charge is 2.44. The Morgan fingerprint density at radius 1 is 1.29 bits per heavy atom. The zero-order valence-corrected chi connectivity index (χ0v) is 13.8. The molecule has 2 unspecified atom stereocenters. The number of rotatable bonds is 4. The number of nitrogens with one attached hydrogen (secondary N) is 1. The SMILES string of the molecule is CNCc1cc(C)c(C)c(S(=O)(=O)N2CC3CCC2C3)c1. The third-order valence-corrected chi connectivity index (χ3v) is 7.05. The van der Waals surface area contributed by atoms with E-state index >= 15 is 0 Å². The van der Waals surface area contributed by atoms with Crippen molar-refractivity contribution in [3.05, 3.63) is 28.8 Å². The molecular formula is C16H24N2O2S. The van der Waals surface area contributed by atoms with Crippen molar-refractivity contribution in [2.24, 2.45) is 5.92 Å². The average molecular weight is 308 g/mol. The molecule has 0 radical (unpaired) electrons. The summed E-state index contributed by atoms with van der Waals surface area (Å²) in [5, 5.41) is 3.10. The zero-order chi connectivity index (χ0) is 15.2. The van der Waals surface area contributed by atoms with Gasteiger partial charge >= 0.3 is 0 Å². The van der Waals surface area contributed by atoms with Crippen LogP contribution in [-0.2, 0) is 16.6 Å². The molecule has 5 heteroatoms. The number of hydrogen-bond donors (Lipinski definition) is 1. The molecule has 1 heterocycles. The Morgan fingerprint density at radius 3 is 2.62 bits per heavy atom. The van der Waals surface area contributed by atoms with Gasteiger partial charge in [0.05, 0.1) is 4.90 Å². The first-order valence-electron chi connectivity index (χ1n) is 7.70. The summed E-state index contributed by atoms with van der Waals surface area (Å²) in [6.45, 7) is 5.31. The van der Waals surface area contributed by atoms with E-state index in [0.29, 0.717) is 23.9 Å². The molecule has 116 valence electrons. The smallest absolute Gasteiger partial charge is 0.243 e. The number of sulfonamides is 1. The Bertz CT molecular complexity index is 654. The lowest BCUT2D eigenvalue weighted by Gasteiger charge is -2.27. The molecule has 1 aromatic carbocycles. The topological polar surface area (TPSA) is 49.4 Å². The number of nitrogens with zero attached hydrogens (tertiary/aromatic N) is 1. The summed E-state index contributed by atoms with van der Waals surface area (Å²) in [7, 11) is -1.48. The maximum absolute atomic E-state index is 13.1. The van der Waals surface area contributed by atoms with Crippen molar-refractivity contribution in [2.75, 3.05) is 13.6 Å². The maximum atomic E-state index is 13.1. The lowest BCUT2D eigenvalue weighted by Crippen LogP contribution is -2.38. The minimum absolute atomic E-state index is 0.229. The Hall–Kier alpha value is -0.910. The van der Waals surface area contributed by atoms with Gasteiger partial charge in [0.1, 0.15) is 0 Å². The summed E-state index contributed by atoms with van der Waals surface area (Å²) in [5.74, 6) is 0.576. The average Bonchev–Trinajstić information content (AvgIpc) is 3.05. The van der Waals surface area contributed by atoms with Crippen molar-refractivity contribution in [2.45, 2.75) is 50.6 Å². The van der Waals surface area contributed by atoms with E-state index in [1.54, 1.807) is 4.31 Å². The van der Waals surface area contributed by atoms with E-state index in [4.69, 9.17) is 0 Å². The highest BCUT2D eigenvalue weighted by molar-refractivity contribution is 7.89. The van der Waals surface area contributed by atoms with E-state index in [1.807, 2.05) is 27.0 Å². The van der Waals surface area contributed by atoms with Gasteiger partial charge < -0.3 is 5.32 Å². The molecule has 0 amide bonds. The number of benzene rings is 1. The van der Waals surface area contributed by atoms with Gasteiger partial charge in [-0.3, -0.25) is 0 Å². The summed E-state index contributed by atoms with van der Waals surface area (Å²) in [6.07, 6.45) is 3.26. The molecule has 21 heavy (non-hydrogen) atoms. The van der Waals surface area contributed by atoms with Gasteiger partial charge in [-0.05, 0) is 68.8 Å². The predicted octanol–water partition coefficient (Wildman–Crippen LogP) is 2.20. The van der Waals surface area contributed by atoms with Crippen molar-refractivity contribution in [1.29, 1.82) is 0 Å². The number of fused-ring (bicyclic) bond motifs is 2. The van der Waals surface area contributed by atoms with Gasteiger partial charge in [0.2, 0.25) is 10.0 Å². The fourth-order valence-corrected chi connectivity index (χ4v) is 5.87. The van der Waals surface area contributed by atoms with Crippen LogP contribution in [0.5, 0.6) is 0 Å². The molecule has 2 aliphatic rings. The minimum Gasteiger partial charge on any atom is -0.316 e. The summed E-state index contributed by atoms with van der Waals surface area (Å²) in [5.41, 5.74) is 2.96. The van der Waals surface area contributed by atoms with Gasteiger partial charge in [-0.15, -0.1) is 0 Å². The molecule has 2 bridgehead atoms. The number of hydrogen-bond acceptors (Lipinski definition) is 3. The van der Waals surface area contributed by atoms with E-state index in [-0.39, 0.29) is 6.04 Å². The largest absolute Gasteiger partial charge is 0.316 e. The van der Waals surface area contributed by atoms with Gasteiger partial charge in [0.25, 0.3) is 0 Å². The molecule has 0 spiro atoms. The minimum atomic E-state index is -3.36. The van der Waals surface area contributed by atoms with E-state index < -0.39 is 10.0 Å². The van der Waals surface area contributed by atoms with Crippen molar-refractivity contribution >= 4 is 10.0 Å². The first-order valence-corrected chi connectivity index (χ1v) is 9.14. The van der Waals surface area contributed by atoms with Gasteiger partial charge in [-0.1, -0.05) is 6.07 Å². The molecule has 0 aromatic heterocycles. The van der Waals surface area contributed by atoms with E-state index in [1.165, 1.54) is 6.42 Å². The fourth-order valence-electron chi connectivity index (χ4n) is 3.77. The quantitative estimate of drug-likeness (QED) is 0.927. The third-order valence-electron chi connectivity index (χ3n) is 5.01. The maximum Gasteiger partial charge on any atom is 0.243 e. The molecule has 4 nitrogen and oxygen atoms in total. The lowest BCUT2D eigenvalue weighted by molar-refractivity contribution is 0.333. The molecule has 1 aromatic rings. The Labute approximate surface area is 127 Å². The van der Waals surface area contributed by atoms with Crippen LogP contribution >= 0.6 is 0 Å². The van der Waals surface area contributed by atoms with Crippen LogP contribution in [0.3, 0.4) is 0 Å². The predicted molar refractivity (Wildman–Crippen MR) is 83.7 cm³/mol.